The Morgan fingerprint density at radius 2 is 2.50 bits per heavy atom. The van der Waals surface area contributed by atoms with Crippen molar-refractivity contribution in [1.82, 2.24) is 5.32 Å². The summed E-state index contributed by atoms with van der Waals surface area (Å²) in [5, 5.41) is 4.32. The summed E-state index contributed by atoms with van der Waals surface area (Å²) in [6, 6.07) is 0.374. The minimum atomic E-state index is 0.374. The Hall–Kier alpha value is -0.980. The molecule has 1 heteroatoms. The fourth-order valence-corrected chi connectivity index (χ4v) is 1.38. The topological polar surface area (TPSA) is 14.1 Å². The van der Waals surface area contributed by atoms with Crippen LogP contribution < -0.4 is 5.32 Å². The van der Waals surface area contributed by atoms with Crippen molar-refractivity contribution in [3.63, 3.8) is 0 Å². The molecule has 0 amide bonds. The molecule has 2 aliphatic rings. The fourth-order valence-electron chi connectivity index (χ4n) is 1.38. The van der Waals surface area contributed by atoms with Crippen LogP contribution >= 0.6 is 0 Å². The lowest BCUT2D eigenvalue weighted by Gasteiger charge is -2.20. The molecule has 0 saturated carbocycles. The Labute approximate surface area is 61.1 Å². The molecule has 1 unspecified atom stereocenters. The molecule has 0 aromatic heterocycles. The van der Waals surface area contributed by atoms with Crippen LogP contribution in [0.15, 0.2) is 36.1 Å². The van der Waals surface area contributed by atoms with Crippen molar-refractivity contribution < 1.29 is 0 Å². The van der Waals surface area contributed by atoms with Crippen molar-refractivity contribution in [3.8, 4) is 0 Å². The number of hydrogen-bond acceptors (Lipinski definition) is 0. The van der Waals surface area contributed by atoms with Gasteiger partial charge in [-0.25, -0.2) is 0 Å². The molecule has 1 aliphatic carbocycles. The molecule has 0 aromatic carbocycles. The van der Waals surface area contributed by atoms with E-state index in [-0.39, 0.29) is 0 Å². The molecule has 0 saturated heterocycles. The van der Waals surface area contributed by atoms with E-state index < -0.39 is 0 Å². The Morgan fingerprint density at radius 1 is 1.50 bits per heavy atom. The Kier molecular flexibility index (Phi) is 1.35. The molecule has 10 heavy (non-hydrogen) atoms. The molecule has 1 heterocycles. The van der Waals surface area contributed by atoms with Crippen molar-refractivity contribution in [2.24, 2.45) is 0 Å². The third kappa shape index (κ3) is 0.878. The van der Waals surface area contributed by atoms with E-state index in [4.69, 9.17) is 0 Å². The van der Waals surface area contributed by atoms with E-state index in [1.807, 2.05) is 12.3 Å². The molecule has 0 bridgehead atoms. The first-order chi connectivity index (χ1) is 4.97. The normalized spacial score (nSPS) is 28.8. The zero-order chi connectivity index (χ0) is 6.81. The van der Waals surface area contributed by atoms with E-state index in [0.717, 1.165) is 0 Å². The number of rotatable bonds is 0. The van der Waals surface area contributed by atoms with Crippen molar-refractivity contribution in [3.05, 3.63) is 36.1 Å². The van der Waals surface area contributed by atoms with Crippen molar-refractivity contribution in [1.29, 1.82) is 0 Å². The van der Waals surface area contributed by atoms with Crippen LogP contribution in [-0.4, -0.2) is 6.04 Å². The molecular formula is C9H10N. The number of hydrogen-bond donors (Lipinski definition) is 0. The molecule has 0 N–H and O–H groups in total. The first kappa shape index (κ1) is 5.78. The van der Waals surface area contributed by atoms with Gasteiger partial charge in [0.05, 0.1) is 6.04 Å². The molecule has 1 radical (unpaired) electrons. The maximum absolute atomic E-state index is 4.32. The number of allylic oxidation sites excluding steroid dienone is 3. The lowest BCUT2D eigenvalue weighted by Crippen LogP contribution is -2.22. The van der Waals surface area contributed by atoms with Crippen LogP contribution in [0.1, 0.15) is 12.8 Å². The van der Waals surface area contributed by atoms with Crippen LogP contribution in [-0.2, 0) is 0 Å². The van der Waals surface area contributed by atoms with E-state index in [9.17, 15) is 0 Å². The van der Waals surface area contributed by atoms with Gasteiger partial charge < -0.3 is 0 Å². The summed E-state index contributed by atoms with van der Waals surface area (Å²) in [5.74, 6) is 0. The van der Waals surface area contributed by atoms with Gasteiger partial charge in [0.25, 0.3) is 0 Å². The fraction of sp³-hybridized carbons (Fsp3) is 0.333. The highest BCUT2D eigenvalue weighted by atomic mass is 14.9. The van der Waals surface area contributed by atoms with E-state index in [2.05, 4.69) is 23.5 Å². The zero-order valence-electron chi connectivity index (χ0n) is 5.83. The molecule has 2 rings (SSSR count). The highest BCUT2D eigenvalue weighted by molar-refractivity contribution is 5.29. The SMILES string of the molecule is C1=C[N]C2C=CCCC2=C1. The van der Waals surface area contributed by atoms with Crippen molar-refractivity contribution in [2.45, 2.75) is 18.9 Å². The van der Waals surface area contributed by atoms with Crippen LogP contribution in [0.25, 0.3) is 0 Å². The van der Waals surface area contributed by atoms with Gasteiger partial charge in [0.15, 0.2) is 0 Å². The minimum absolute atomic E-state index is 0.374. The van der Waals surface area contributed by atoms with E-state index in [0.29, 0.717) is 6.04 Å². The van der Waals surface area contributed by atoms with Crippen LogP contribution in [0.4, 0.5) is 0 Å². The molecule has 1 nitrogen and oxygen atoms in total. The monoisotopic (exact) mass is 132 g/mol. The van der Waals surface area contributed by atoms with E-state index in [1.165, 1.54) is 18.4 Å². The van der Waals surface area contributed by atoms with Gasteiger partial charge in [0.1, 0.15) is 0 Å². The van der Waals surface area contributed by atoms with Gasteiger partial charge in [0.2, 0.25) is 0 Å². The molecule has 51 valence electrons. The molecular weight excluding hydrogens is 122 g/mol. The van der Waals surface area contributed by atoms with Gasteiger partial charge in [-0.2, -0.15) is 0 Å². The van der Waals surface area contributed by atoms with Gasteiger partial charge in [-0.05, 0) is 24.5 Å². The third-order valence-electron chi connectivity index (χ3n) is 1.94. The second-order valence-electron chi connectivity index (χ2n) is 2.64. The third-order valence-corrected chi connectivity index (χ3v) is 1.94. The van der Waals surface area contributed by atoms with Gasteiger partial charge in [-0.1, -0.05) is 18.2 Å². The van der Waals surface area contributed by atoms with Crippen molar-refractivity contribution >= 4 is 0 Å². The van der Waals surface area contributed by atoms with Crippen LogP contribution in [0.2, 0.25) is 0 Å². The second-order valence-corrected chi connectivity index (χ2v) is 2.64. The first-order valence-electron chi connectivity index (χ1n) is 3.69. The Morgan fingerprint density at radius 3 is 3.40 bits per heavy atom. The van der Waals surface area contributed by atoms with Crippen LogP contribution in [0.3, 0.4) is 0 Å². The molecule has 0 spiro atoms. The quantitative estimate of drug-likeness (QED) is 0.446. The highest BCUT2D eigenvalue weighted by Crippen LogP contribution is 2.20. The second kappa shape index (κ2) is 2.33. The lowest BCUT2D eigenvalue weighted by atomic mass is 9.94. The molecule has 1 aliphatic heterocycles. The summed E-state index contributed by atoms with van der Waals surface area (Å²) in [5.41, 5.74) is 1.46. The first-order valence-corrected chi connectivity index (χ1v) is 3.69. The van der Waals surface area contributed by atoms with Gasteiger partial charge in [-0.3, -0.25) is 5.32 Å². The molecule has 0 aromatic rings. The van der Waals surface area contributed by atoms with E-state index in [1.54, 1.807) is 0 Å². The van der Waals surface area contributed by atoms with Gasteiger partial charge >= 0.3 is 0 Å². The average molecular weight is 132 g/mol. The summed E-state index contributed by atoms with van der Waals surface area (Å²) >= 11 is 0. The Bertz CT molecular complexity index is 211. The predicted octanol–water partition coefficient (Wildman–Crippen LogP) is 1.76. The van der Waals surface area contributed by atoms with E-state index >= 15 is 0 Å². The average Bonchev–Trinajstić information content (AvgIpc) is 2.05. The standard InChI is InChI=1S/C9H10N/c1-2-6-9-8(4-1)5-3-7-10-9/h2-3,5-7,9H,1,4H2. The maximum atomic E-state index is 4.32. The smallest absolute Gasteiger partial charge is 0.0893 e. The predicted molar refractivity (Wildman–Crippen MR) is 41.5 cm³/mol. The number of fused-ring (bicyclic) bond motifs is 1. The van der Waals surface area contributed by atoms with Crippen molar-refractivity contribution in [2.75, 3.05) is 0 Å². The van der Waals surface area contributed by atoms with Crippen LogP contribution in [0.5, 0.6) is 0 Å². The minimum Gasteiger partial charge on any atom is -0.281 e. The summed E-state index contributed by atoms with van der Waals surface area (Å²) in [6.07, 6.45) is 12.8. The van der Waals surface area contributed by atoms with Crippen LogP contribution in [0, 0.1) is 0 Å². The number of nitrogens with zero attached hydrogens (tertiary/aromatic N) is 1. The van der Waals surface area contributed by atoms with Gasteiger partial charge in [0, 0.05) is 6.20 Å². The lowest BCUT2D eigenvalue weighted by molar-refractivity contribution is 0.699. The highest BCUT2D eigenvalue weighted by Gasteiger charge is 2.14. The maximum Gasteiger partial charge on any atom is 0.0893 e. The largest absolute Gasteiger partial charge is 0.281 e. The van der Waals surface area contributed by atoms with Gasteiger partial charge in [-0.15, -0.1) is 0 Å². The summed E-state index contributed by atoms with van der Waals surface area (Å²) in [6.45, 7) is 0. The summed E-state index contributed by atoms with van der Waals surface area (Å²) in [4.78, 5) is 0. The summed E-state index contributed by atoms with van der Waals surface area (Å²) in [7, 11) is 0. The molecule has 0 fully saturated rings. The zero-order valence-corrected chi connectivity index (χ0v) is 5.83. The Balaban J connectivity index is 2.26. The molecule has 1 atom stereocenters. The summed E-state index contributed by atoms with van der Waals surface area (Å²) < 4.78 is 0.